The number of methoxy groups -OCH3 is 1. The van der Waals surface area contributed by atoms with E-state index < -0.39 is 0 Å². The minimum Gasteiger partial charge on any atom is -0.469 e. The van der Waals surface area contributed by atoms with Crippen molar-refractivity contribution in [2.75, 3.05) is 7.11 Å². The first-order chi connectivity index (χ1) is 10.7. The smallest absolute Gasteiger partial charge is 0.306 e. The first kappa shape index (κ1) is 16.1. The van der Waals surface area contributed by atoms with Gasteiger partial charge >= 0.3 is 5.97 Å². The molecule has 0 bridgehead atoms. The van der Waals surface area contributed by atoms with Crippen molar-refractivity contribution in [3.8, 4) is 11.8 Å². The van der Waals surface area contributed by atoms with Gasteiger partial charge < -0.3 is 9.64 Å². The Morgan fingerprint density at radius 3 is 3.00 bits per heavy atom. The molecule has 0 radical (unpaired) electrons. The molecule has 1 aliphatic rings. The predicted molar refractivity (Wildman–Crippen MR) is 84.0 cm³/mol. The summed E-state index contributed by atoms with van der Waals surface area (Å²) in [5.74, 6) is 5.97. The van der Waals surface area contributed by atoms with E-state index in [1.807, 2.05) is 17.0 Å². The largest absolute Gasteiger partial charge is 0.469 e. The number of ether oxygens (including phenoxy) is 1. The molecule has 0 saturated heterocycles. The number of carbonyl (C=O) groups is 2. The van der Waals surface area contributed by atoms with E-state index in [9.17, 15) is 9.59 Å². The van der Waals surface area contributed by atoms with Gasteiger partial charge in [-0.2, -0.15) is 0 Å². The molecule has 116 valence electrons. The standard InChI is InChI=1S/C18H21NO3/c1-3-16-11-17-14(7-4-5-10-18(21)22-2)8-6-9-15(17)12-19(16)13-20/h6,8-9,13,16H,3,5,10-12H2,1-2H3. The van der Waals surface area contributed by atoms with Gasteiger partial charge in [0.05, 0.1) is 13.5 Å². The lowest BCUT2D eigenvalue weighted by Gasteiger charge is -2.34. The molecule has 4 heteroatoms. The number of nitrogens with zero attached hydrogens (tertiary/aromatic N) is 1. The number of hydrogen-bond acceptors (Lipinski definition) is 3. The maximum atomic E-state index is 11.2. The number of benzene rings is 1. The van der Waals surface area contributed by atoms with Crippen molar-refractivity contribution in [2.24, 2.45) is 0 Å². The van der Waals surface area contributed by atoms with E-state index in [-0.39, 0.29) is 12.0 Å². The molecular weight excluding hydrogens is 278 g/mol. The van der Waals surface area contributed by atoms with Crippen molar-refractivity contribution in [3.05, 3.63) is 34.9 Å². The number of carbonyl (C=O) groups excluding carboxylic acids is 2. The maximum Gasteiger partial charge on any atom is 0.306 e. The number of amides is 1. The average Bonchev–Trinajstić information content (AvgIpc) is 2.57. The molecule has 0 spiro atoms. The van der Waals surface area contributed by atoms with Gasteiger partial charge in [-0.3, -0.25) is 9.59 Å². The lowest BCUT2D eigenvalue weighted by Crippen LogP contribution is -2.39. The molecule has 0 saturated carbocycles. The van der Waals surface area contributed by atoms with E-state index in [2.05, 4.69) is 29.6 Å². The highest BCUT2D eigenvalue weighted by molar-refractivity contribution is 5.69. The Morgan fingerprint density at radius 2 is 2.32 bits per heavy atom. The van der Waals surface area contributed by atoms with Crippen LogP contribution in [-0.4, -0.2) is 30.4 Å². The van der Waals surface area contributed by atoms with Crippen molar-refractivity contribution in [3.63, 3.8) is 0 Å². The summed E-state index contributed by atoms with van der Waals surface area (Å²) < 4.78 is 4.60. The molecule has 0 aliphatic carbocycles. The summed E-state index contributed by atoms with van der Waals surface area (Å²) in [6.45, 7) is 2.74. The Kier molecular flexibility index (Phi) is 5.60. The van der Waals surface area contributed by atoms with Gasteiger partial charge in [0, 0.05) is 24.6 Å². The minimum atomic E-state index is -0.239. The van der Waals surface area contributed by atoms with Crippen LogP contribution in [0, 0.1) is 11.8 Å². The van der Waals surface area contributed by atoms with Crippen LogP contribution in [0.5, 0.6) is 0 Å². The van der Waals surface area contributed by atoms with Gasteiger partial charge in [-0.25, -0.2) is 0 Å². The van der Waals surface area contributed by atoms with Crippen molar-refractivity contribution < 1.29 is 14.3 Å². The fourth-order valence-corrected chi connectivity index (χ4v) is 2.75. The van der Waals surface area contributed by atoms with Crippen LogP contribution in [0.1, 0.15) is 42.9 Å². The zero-order valence-electron chi connectivity index (χ0n) is 13.1. The molecule has 1 unspecified atom stereocenters. The summed E-state index contributed by atoms with van der Waals surface area (Å²) in [5, 5.41) is 0. The summed E-state index contributed by atoms with van der Waals surface area (Å²) >= 11 is 0. The highest BCUT2D eigenvalue weighted by Crippen LogP contribution is 2.26. The van der Waals surface area contributed by atoms with Crippen molar-refractivity contribution in [1.82, 2.24) is 4.90 Å². The van der Waals surface area contributed by atoms with Crippen LogP contribution in [0.25, 0.3) is 0 Å². The zero-order valence-corrected chi connectivity index (χ0v) is 13.1. The third-order valence-corrected chi connectivity index (χ3v) is 4.05. The fourth-order valence-electron chi connectivity index (χ4n) is 2.75. The molecule has 1 aromatic carbocycles. The van der Waals surface area contributed by atoms with E-state index in [1.54, 1.807) is 0 Å². The van der Waals surface area contributed by atoms with Crippen LogP contribution >= 0.6 is 0 Å². The van der Waals surface area contributed by atoms with Gasteiger partial charge in [-0.1, -0.05) is 30.9 Å². The molecular formula is C18H21NO3. The molecule has 0 aromatic heterocycles. The Balaban J connectivity index is 2.17. The molecule has 1 heterocycles. The molecule has 0 N–H and O–H groups in total. The van der Waals surface area contributed by atoms with E-state index in [1.165, 1.54) is 12.7 Å². The minimum absolute atomic E-state index is 0.239. The first-order valence-corrected chi connectivity index (χ1v) is 7.57. The third-order valence-electron chi connectivity index (χ3n) is 4.05. The van der Waals surface area contributed by atoms with Crippen molar-refractivity contribution >= 4 is 12.4 Å². The second kappa shape index (κ2) is 7.65. The van der Waals surface area contributed by atoms with Crippen LogP contribution in [0.15, 0.2) is 18.2 Å². The monoisotopic (exact) mass is 299 g/mol. The van der Waals surface area contributed by atoms with E-state index >= 15 is 0 Å². The summed E-state index contributed by atoms with van der Waals surface area (Å²) in [4.78, 5) is 24.1. The van der Waals surface area contributed by atoms with Crippen LogP contribution in [0.3, 0.4) is 0 Å². The van der Waals surface area contributed by atoms with Crippen LogP contribution in [0.2, 0.25) is 0 Å². The lowest BCUT2D eigenvalue weighted by molar-refractivity contribution is -0.140. The molecule has 0 fully saturated rings. The van der Waals surface area contributed by atoms with E-state index in [4.69, 9.17) is 0 Å². The lowest BCUT2D eigenvalue weighted by atomic mass is 9.89. The molecule has 22 heavy (non-hydrogen) atoms. The second-order valence-electron chi connectivity index (χ2n) is 5.37. The zero-order chi connectivity index (χ0) is 15.9. The second-order valence-corrected chi connectivity index (χ2v) is 5.37. The topological polar surface area (TPSA) is 46.6 Å². The number of hydrogen-bond donors (Lipinski definition) is 0. The van der Waals surface area contributed by atoms with Gasteiger partial charge in [0.2, 0.25) is 6.41 Å². The quantitative estimate of drug-likeness (QED) is 0.487. The summed E-state index contributed by atoms with van der Waals surface area (Å²) in [7, 11) is 1.38. The Bertz CT molecular complexity index is 612. The summed E-state index contributed by atoms with van der Waals surface area (Å²) in [5.41, 5.74) is 3.40. The first-order valence-electron chi connectivity index (χ1n) is 7.57. The van der Waals surface area contributed by atoms with Gasteiger partial charge in [0.15, 0.2) is 0 Å². The molecule has 4 nitrogen and oxygen atoms in total. The maximum absolute atomic E-state index is 11.2. The van der Waals surface area contributed by atoms with Crippen LogP contribution in [-0.2, 0) is 27.3 Å². The fraction of sp³-hybridized carbons (Fsp3) is 0.444. The summed E-state index contributed by atoms with van der Waals surface area (Å²) in [6, 6.07) is 6.27. The molecule has 2 rings (SSSR count). The van der Waals surface area contributed by atoms with Gasteiger partial charge in [-0.05, 0) is 30.0 Å². The predicted octanol–water partition coefficient (Wildman–Crippen LogP) is 2.28. The molecule has 1 aromatic rings. The highest BCUT2D eigenvalue weighted by atomic mass is 16.5. The SMILES string of the molecule is CCC1Cc2c(C#CCCC(=O)OC)cccc2CN1C=O. The Hall–Kier alpha value is -2.28. The van der Waals surface area contributed by atoms with Crippen LogP contribution < -0.4 is 0 Å². The Labute approximate surface area is 131 Å². The highest BCUT2D eigenvalue weighted by Gasteiger charge is 2.24. The Morgan fingerprint density at radius 1 is 1.50 bits per heavy atom. The number of rotatable bonds is 4. The molecule has 1 aliphatic heterocycles. The van der Waals surface area contributed by atoms with Gasteiger partial charge in [0.25, 0.3) is 0 Å². The van der Waals surface area contributed by atoms with Crippen molar-refractivity contribution in [1.29, 1.82) is 0 Å². The molecule has 1 amide bonds. The van der Waals surface area contributed by atoms with Crippen molar-refractivity contribution in [2.45, 2.75) is 45.2 Å². The normalized spacial score (nSPS) is 16.3. The number of fused-ring (bicyclic) bond motifs is 1. The van der Waals surface area contributed by atoms with Gasteiger partial charge in [-0.15, -0.1) is 0 Å². The third kappa shape index (κ3) is 3.67. The van der Waals surface area contributed by atoms with Crippen LogP contribution in [0.4, 0.5) is 0 Å². The number of esters is 1. The van der Waals surface area contributed by atoms with Gasteiger partial charge in [0.1, 0.15) is 0 Å². The molecule has 1 atom stereocenters. The average molecular weight is 299 g/mol. The van der Waals surface area contributed by atoms with E-state index in [0.717, 1.165) is 30.4 Å². The van der Waals surface area contributed by atoms with E-state index in [0.29, 0.717) is 19.4 Å². The summed E-state index contributed by atoms with van der Waals surface area (Å²) in [6.07, 6.45) is 3.52.